The highest BCUT2D eigenvalue weighted by Crippen LogP contribution is 2.27. The maximum absolute atomic E-state index is 14.5. The predicted octanol–water partition coefficient (Wildman–Crippen LogP) is 5.67. The van der Waals surface area contributed by atoms with Gasteiger partial charge >= 0.3 is 0 Å². The van der Waals surface area contributed by atoms with Gasteiger partial charge in [-0.15, -0.1) is 0 Å². The highest BCUT2D eigenvalue weighted by atomic mass is 32.2. The second-order valence-corrected chi connectivity index (χ2v) is 13.2. The number of ether oxygens (including phenoxy) is 1. The number of aryl methyl sites for hydroxylation is 2. The van der Waals surface area contributed by atoms with Gasteiger partial charge in [-0.05, 0) is 80.8 Å². The SMILES string of the molecule is COc1ccc(S(=O)(=O)N(CC(=O)N(Cc2ccccc2C)[C@H](Cc2ccccc2)C(=O)NC(C)C)c2ccc(C)cc2)cc1. The second kappa shape index (κ2) is 14.9. The molecule has 0 fully saturated rings. The molecule has 1 N–H and O–H groups in total. The third-order valence-electron chi connectivity index (χ3n) is 7.55. The summed E-state index contributed by atoms with van der Waals surface area (Å²) in [6, 6.07) is 29.1. The van der Waals surface area contributed by atoms with Crippen LogP contribution in [0.3, 0.4) is 0 Å². The zero-order valence-electron chi connectivity index (χ0n) is 26.4. The number of hydrogen-bond acceptors (Lipinski definition) is 5. The minimum atomic E-state index is -4.20. The predicted molar refractivity (Wildman–Crippen MR) is 178 cm³/mol. The first-order chi connectivity index (χ1) is 21.5. The molecule has 1 atom stereocenters. The number of nitrogens with zero attached hydrogens (tertiary/aromatic N) is 2. The molecule has 0 aliphatic carbocycles. The maximum Gasteiger partial charge on any atom is 0.264 e. The van der Waals surface area contributed by atoms with Crippen LogP contribution in [0.5, 0.6) is 5.75 Å². The number of carbonyl (C=O) groups is 2. The monoisotopic (exact) mass is 627 g/mol. The van der Waals surface area contributed by atoms with Crippen LogP contribution in [0.4, 0.5) is 5.69 Å². The van der Waals surface area contributed by atoms with E-state index in [1.807, 2.05) is 82.3 Å². The number of nitrogens with one attached hydrogen (secondary N) is 1. The van der Waals surface area contributed by atoms with Gasteiger partial charge in [-0.2, -0.15) is 0 Å². The molecule has 0 aromatic heterocycles. The van der Waals surface area contributed by atoms with Gasteiger partial charge in [-0.3, -0.25) is 13.9 Å². The van der Waals surface area contributed by atoms with Crippen LogP contribution in [0.25, 0.3) is 0 Å². The molecular weight excluding hydrogens is 586 g/mol. The summed E-state index contributed by atoms with van der Waals surface area (Å²) in [5.41, 5.74) is 3.99. The number of hydrogen-bond donors (Lipinski definition) is 1. The highest BCUT2D eigenvalue weighted by Gasteiger charge is 2.35. The van der Waals surface area contributed by atoms with Crippen molar-refractivity contribution < 1.29 is 22.7 Å². The number of benzene rings is 4. The first kappa shape index (κ1) is 33.3. The van der Waals surface area contributed by atoms with Gasteiger partial charge in [0, 0.05) is 19.0 Å². The Labute approximate surface area is 266 Å². The van der Waals surface area contributed by atoms with Crippen molar-refractivity contribution in [3.05, 3.63) is 125 Å². The van der Waals surface area contributed by atoms with E-state index in [9.17, 15) is 18.0 Å². The summed E-state index contributed by atoms with van der Waals surface area (Å²) in [4.78, 5) is 29.9. The van der Waals surface area contributed by atoms with E-state index in [1.165, 1.54) is 24.1 Å². The first-order valence-corrected chi connectivity index (χ1v) is 16.4. The Morgan fingerprint density at radius 2 is 1.44 bits per heavy atom. The lowest BCUT2D eigenvalue weighted by atomic mass is 10.0. The normalized spacial score (nSPS) is 12.0. The summed E-state index contributed by atoms with van der Waals surface area (Å²) < 4.78 is 34.7. The molecule has 0 spiro atoms. The molecule has 0 bridgehead atoms. The third kappa shape index (κ3) is 8.51. The van der Waals surface area contributed by atoms with Crippen molar-refractivity contribution in [2.24, 2.45) is 0 Å². The molecule has 0 aliphatic heterocycles. The fraction of sp³-hybridized carbons (Fsp3) is 0.278. The van der Waals surface area contributed by atoms with Crippen LogP contribution < -0.4 is 14.4 Å². The fourth-order valence-electron chi connectivity index (χ4n) is 5.02. The van der Waals surface area contributed by atoms with Gasteiger partial charge in [-0.25, -0.2) is 8.42 Å². The van der Waals surface area contributed by atoms with E-state index in [1.54, 1.807) is 36.4 Å². The maximum atomic E-state index is 14.5. The molecule has 8 nitrogen and oxygen atoms in total. The summed E-state index contributed by atoms with van der Waals surface area (Å²) in [7, 11) is -2.69. The van der Waals surface area contributed by atoms with E-state index >= 15 is 0 Å². The number of amides is 2. The van der Waals surface area contributed by atoms with Gasteiger partial charge in [0.2, 0.25) is 11.8 Å². The second-order valence-electron chi connectivity index (χ2n) is 11.3. The van der Waals surface area contributed by atoms with Crippen molar-refractivity contribution in [1.82, 2.24) is 10.2 Å². The van der Waals surface area contributed by atoms with Crippen molar-refractivity contribution in [3.63, 3.8) is 0 Å². The lowest BCUT2D eigenvalue weighted by Gasteiger charge is -2.34. The zero-order chi connectivity index (χ0) is 32.6. The summed E-state index contributed by atoms with van der Waals surface area (Å²) in [5, 5.41) is 2.98. The summed E-state index contributed by atoms with van der Waals surface area (Å²) >= 11 is 0. The number of sulfonamides is 1. The van der Waals surface area contributed by atoms with Crippen LogP contribution in [0.15, 0.2) is 108 Å². The van der Waals surface area contributed by atoms with E-state index in [4.69, 9.17) is 4.74 Å². The van der Waals surface area contributed by atoms with Gasteiger partial charge in [0.25, 0.3) is 10.0 Å². The van der Waals surface area contributed by atoms with E-state index in [2.05, 4.69) is 5.32 Å². The Kier molecular flexibility index (Phi) is 11.0. The van der Waals surface area contributed by atoms with Crippen LogP contribution in [0.1, 0.15) is 36.1 Å². The van der Waals surface area contributed by atoms with E-state index in [-0.39, 0.29) is 29.8 Å². The molecule has 236 valence electrons. The van der Waals surface area contributed by atoms with Gasteiger partial charge in [0.05, 0.1) is 17.7 Å². The van der Waals surface area contributed by atoms with Gasteiger partial charge < -0.3 is 15.0 Å². The number of rotatable bonds is 13. The van der Waals surface area contributed by atoms with Crippen molar-refractivity contribution in [3.8, 4) is 5.75 Å². The standard InChI is InChI=1S/C36H41N3O5S/c1-26(2)37-36(41)34(23-29-12-7-6-8-13-29)38(24-30-14-10-9-11-28(30)4)35(40)25-39(31-17-15-27(3)16-18-31)45(42,43)33-21-19-32(44-5)20-22-33/h6-22,26,34H,23-25H2,1-5H3,(H,37,41)/t34-/m1/s1. The Balaban J connectivity index is 1.81. The smallest absolute Gasteiger partial charge is 0.264 e. The molecule has 45 heavy (non-hydrogen) atoms. The molecule has 0 unspecified atom stereocenters. The molecule has 0 saturated heterocycles. The molecule has 9 heteroatoms. The highest BCUT2D eigenvalue weighted by molar-refractivity contribution is 7.92. The molecule has 4 aromatic rings. The summed E-state index contributed by atoms with van der Waals surface area (Å²) in [6.45, 7) is 7.20. The zero-order valence-corrected chi connectivity index (χ0v) is 27.3. The van der Waals surface area contributed by atoms with Gasteiger partial charge in [-0.1, -0.05) is 72.3 Å². The van der Waals surface area contributed by atoms with Crippen LogP contribution in [0.2, 0.25) is 0 Å². The molecular formula is C36H41N3O5S. The Morgan fingerprint density at radius 3 is 2.04 bits per heavy atom. The fourth-order valence-corrected chi connectivity index (χ4v) is 6.43. The Hall–Kier alpha value is -4.63. The average molecular weight is 628 g/mol. The van der Waals surface area contributed by atoms with Crippen LogP contribution >= 0.6 is 0 Å². The molecule has 0 heterocycles. The Bertz CT molecular complexity index is 1690. The molecule has 0 saturated carbocycles. The van der Waals surface area contributed by atoms with E-state index in [0.29, 0.717) is 11.4 Å². The molecule has 4 rings (SSSR count). The van der Waals surface area contributed by atoms with E-state index < -0.39 is 28.5 Å². The number of carbonyl (C=O) groups excluding carboxylic acids is 2. The molecule has 2 amide bonds. The van der Waals surface area contributed by atoms with Crippen LogP contribution in [0, 0.1) is 13.8 Å². The Morgan fingerprint density at radius 1 is 0.822 bits per heavy atom. The lowest BCUT2D eigenvalue weighted by Crippen LogP contribution is -2.54. The van der Waals surface area contributed by atoms with Crippen LogP contribution in [-0.2, 0) is 32.6 Å². The minimum absolute atomic E-state index is 0.0144. The van der Waals surface area contributed by atoms with Crippen molar-refractivity contribution >= 4 is 27.5 Å². The van der Waals surface area contributed by atoms with E-state index in [0.717, 1.165) is 26.6 Å². The number of methoxy groups -OCH3 is 1. The van der Waals surface area contributed by atoms with Crippen LogP contribution in [-0.4, -0.2) is 50.9 Å². The topological polar surface area (TPSA) is 96.0 Å². The molecule has 0 radical (unpaired) electrons. The van der Waals surface area contributed by atoms with Crippen molar-refractivity contribution in [2.75, 3.05) is 18.0 Å². The molecule has 0 aliphatic rings. The minimum Gasteiger partial charge on any atom is -0.497 e. The third-order valence-corrected chi connectivity index (χ3v) is 9.34. The average Bonchev–Trinajstić information content (AvgIpc) is 3.03. The summed E-state index contributed by atoms with van der Waals surface area (Å²) in [6.07, 6.45) is 0.257. The summed E-state index contributed by atoms with van der Waals surface area (Å²) in [5.74, 6) is -0.303. The quantitative estimate of drug-likeness (QED) is 0.206. The largest absolute Gasteiger partial charge is 0.497 e. The lowest BCUT2D eigenvalue weighted by molar-refractivity contribution is -0.140. The first-order valence-electron chi connectivity index (χ1n) is 14.9. The van der Waals surface area contributed by atoms with Crippen molar-refractivity contribution in [1.29, 1.82) is 0 Å². The number of anilines is 1. The molecule has 4 aromatic carbocycles. The van der Waals surface area contributed by atoms with Gasteiger partial charge in [0.1, 0.15) is 18.3 Å². The van der Waals surface area contributed by atoms with Crippen molar-refractivity contribution in [2.45, 2.75) is 57.6 Å². The van der Waals surface area contributed by atoms with Gasteiger partial charge in [0.15, 0.2) is 0 Å².